The SMILES string of the molecule is O=C(NNC(=O)C(F)F)c1ccc2c(c1)C(=O)N([C@@H]1CCCC[C@H]1N1CCCS1(=O)=O)C2. The van der Waals surface area contributed by atoms with E-state index >= 15 is 0 Å². The zero-order chi connectivity index (χ0) is 23.0. The Labute approximate surface area is 184 Å². The number of alkyl halides is 2. The van der Waals surface area contributed by atoms with Gasteiger partial charge in [0.15, 0.2) is 0 Å². The van der Waals surface area contributed by atoms with Crippen LogP contribution in [-0.2, 0) is 21.4 Å². The Bertz CT molecular complexity index is 1050. The molecule has 2 fully saturated rings. The van der Waals surface area contributed by atoms with Crippen LogP contribution in [0.2, 0.25) is 0 Å². The fourth-order valence-corrected chi connectivity index (χ4v) is 6.59. The van der Waals surface area contributed by atoms with Crippen LogP contribution < -0.4 is 10.9 Å². The highest BCUT2D eigenvalue weighted by Crippen LogP contribution is 2.36. The van der Waals surface area contributed by atoms with Gasteiger partial charge in [-0.2, -0.15) is 13.1 Å². The quantitative estimate of drug-likeness (QED) is 0.638. The monoisotopic (exact) mass is 470 g/mol. The van der Waals surface area contributed by atoms with Crippen LogP contribution in [0.3, 0.4) is 0 Å². The molecule has 4 rings (SSSR count). The molecule has 0 spiro atoms. The molecular weight excluding hydrogens is 446 g/mol. The number of hydrazine groups is 1. The van der Waals surface area contributed by atoms with E-state index in [0.717, 1.165) is 12.8 Å². The van der Waals surface area contributed by atoms with Crippen molar-refractivity contribution in [1.29, 1.82) is 0 Å². The molecule has 2 aliphatic heterocycles. The topological polar surface area (TPSA) is 116 Å². The summed E-state index contributed by atoms with van der Waals surface area (Å²) in [7, 11) is -3.32. The Balaban J connectivity index is 1.51. The van der Waals surface area contributed by atoms with E-state index in [1.54, 1.807) is 20.7 Å². The van der Waals surface area contributed by atoms with Crippen LogP contribution in [0.25, 0.3) is 0 Å². The zero-order valence-corrected chi connectivity index (χ0v) is 18.0. The van der Waals surface area contributed by atoms with Gasteiger partial charge in [-0.1, -0.05) is 18.9 Å². The van der Waals surface area contributed by atoms with Gasteiger partial charge in [-0.25, -0.2) is 8.42 Å². The van der Waals surface area contributed by atoms with Crippen LogP contribution in [0, 0.1) is 0 Å². The van der Waals surface area contributed by atoms with Crippen molar-refractivity contribution in [2.45, 2.75) is 57.2 Å². The Kier molecular flexibility index (Phi) is 6.17. The minimum absolute atomic E-state index is 0.0378. The number of nitrogens with one attached hydrogen (secondary N) is 2. The third-order valence-corrected chi connectivity index (χ3v) is 8.28. The molecule has 9 nitrogen and oxygen atoms in total. The average molecular weight is 470 g/mol. The number of hydrogen-bond acceptors (Lipinski definition) is 5. The van der Waals surface area contributed by atoms with E-state index in [9.17, 15) is 31.6 Å². The van der Waals surface area contributed by atoms with Gasteiger partial charge in [0.05, 0.1) is 5.75 Å². The molecule has 12 heteroatoms. The summed E-state index contributed by atoms with van der Waals surface area (Å²) in [5, 5.41) is 0. The maximum Gasteiger partial charge on any atom is 0.317 e. The van der Waals surface area contributed by atoms with Gasteiger partial charge < -0.3 is 4.90 Å². The Hall–Kier alpha value is -2.60. The molecule has 1 saturated heterocycles. The summed E-state index contributed by atoms with van der Waals surface area (Å²) in [6.45, 7) is 0.778. The summed E-state index contributed by atoms with van der Waals surface area (Å²) in [5.74, 6) is -2.63. The van der Waals surface area contributed by atoms with Crippen LogP contribution >= 0.6 is 0 Å². The van der Waals surface area contributed by atoms with Crippen LogP contribution in [0.4, 0.5) is 8.78 Å². The molecule has 3 amide bonds. The predicted octanol–water partition coefficient (Wildman–Crippen LogP) is 1.02. The smallest absolute Gasteiger partial charge is 0.317 e. The molecule has 0 unspecified atom stereocenters. The van der Waals surface area contributed by atoms with Crippen molar-refractivity contribution in [2.24, 2.45) is 0 Å². The summed E-state index contributed by atoms with van der Waals surface area (Å²) >= 11 is 0. The summed E-state index contributed by atoms with van der Waals surface area (Å²) in [6.07, 6.45) is 0.502. The molecule has 3 aliphatic rings. The maximum atomic E-state index is 13.2. The fourth-order valence-electron chi connectivity index (χ4n) is 4.80. The van der Waals surface area contributed by atoms with Crippen molar-refractivity contribution in [2.75, 3.05) is 12.3 Å². The van der Waals surface area contributed by atoms with E-state index in [4.69, 9.17) is 0 Å². The zero-order valence-electron chi connectivity index (χ0n) is 17.2. The van der Waals surface area contributed by atoms with E-state index in [1.165, 1.54) is 12.1 Å². The molecule has 0 radical (unpaired) electrons. The third-order valence-electron chi connectivity index (χ3n) is 6.30. The molecule has 174 valence electrons. The van der Waals surface area contributed by atoms with Gasteiger partial charge in [0, 0.05) is 36.3 Å². The number of amides is 3. The molecule has 32 heavy (non-hydrogen) atoms. The van der Waals surface area contributed by atoms with Crippen molar-refractivity contribution in [3.05, 3.63) is 34.9 Å². The molecular formula is C20H24F2N4O5S. The summed E-state index contributed by atoms with van der Waals surface area (Å²) in [4.78, 5) is 38.0. The Morgan fingerprint density at radius 3 is 2.44 bits per heavy atom. The molecule has 2 atom stereocenters. The molecule has 1 aliphatic carbocycles. The predicted molar refractivity (Wildman–Crippen MR) is 109 cm³/mol. The lowest BCUT2D eigenvalue weighted by Gasteiger charge is -2.41. The van der Waals surface area contributed by atoms with Crippen LogP contribution in [0.15, 0.2) is 18.2 Å². The lowest BCUT2D eigenvalue weighted by molar-refractivity contribution is -0.132. The third kappa shape index (κ3) is 4.20. The van der Waals surface area contributed by atoms with E-state index in [0.29, 0.717) is 43.5 Å². The van der Waals surface area contributed by atoms with Gasteiger partial charge in [-0.15, -0.1) is 0 Å². The summed E-state index contributed by atoms with van der Waals surface area (Å²) < 4.78 is 51.1. The Morgan fingerprint density at radius 1 is 1.06 bits per heavy atom. The highest BCUT2D eigenvalue weighted by Gasteiger charge is 2.44. The number of nitrogens with zero attached hydrogens (tertiary/aromatic N) is 2. The number of benzene rings is 1. The lowest BCUT2D eigenvalue weighted by Crippen LogP contribution is -2.53. The number of sulfonamides is 1. The van der Waals surface area contributed by atoms with E-state index in [1.807, 2.05) is 5.43 Å². The first-order valence-electron chi connectivity index (χ1n) is 10.5. The first-order valence-corrected chi connectivity index (χ1v) is 12.1. The number of carbonyl (C=O) groups is 3. The average Bonchev–Trinajstić information content (AvgIpc) is 3.29. The van der Waals surface area contributed by atoms with E-state index < -0.39 is 28.3 Å². The van der Waals surface area contributed by atoms with Gasteiger partial charge in [-0.3, -0.25) is 25.2 Å². The van der Waals surface area contributed by atoms with Gasteiger partial charge in [0.25, 0.3) is 11.8 Å². The summed E-state index contributed by atoms with van der Waals surface area (Å²) in [5.41, 5.74) is 4.57. The Morgan fingerprint density at radius 2 is 1.78 bits per heavy atom. The highest BCUT2D eigenvalue weighted by molar-refractivity contribution is 7.89. The molecule has 1 aromatic rings. The van der Waals surface area contributed by atoms with E-state index in [2.05, 4.69) is 0 Å². The van der Waals surface area contributed by atoms with Crippen LogP contribution in [-0.4, -0.2) is 66.2 Å². The van der Waals surface area contributed by atoms with E-state index in [-0.39, 0.29) is 29.3 Å². The first-order chi connectivity index (χ1) is 15.2. The van der Waals surface area contributed by atoms with Gasteiger partial charge in [-0.05, 0) is 37.0 Å². The van der Waals surface area contributed by atoms with Crippen molar-refractivity contribution < 1.29 is 31.6 Å². The molecule has 1 aromatic carbocycles. The number of rotatable bonds is 4. The second-order valence-electron chi connectivity index (χ2n) is 8.25. The highest BCUT2D eigenvalue weighted by atomic mass is 32.2. The molecule has 2 heterocycles. The second kappa shape index (κ2) is 8.74. The number of carbonyl (C=O) groups excluding carboxylic acids is 3. The second-order valence-corrected chi connectivity index (χ2v) is 10.3. The van der Waals surface area contributed by atoms with Crippen molar-refractivity contribution >= 4 is 27.7 Å². The van der Waals surface area contributed by atoms with Gasteiger partial charge in [0.2, 0.25) is 10.0 Å². The first kappa shape index (κ1) is 22.6. The number of fused-ring (bicyclic) bond motifs is 1. The molecule has 2 N–H and O–H groups in total. The van der Waals surface area contributed by atoms with Crippen LogP contribution in [0.1, 0.15) is 58.4 Å². The summed E-state index contributed by atoms with van der Waals surface area (Å²) in [6, 6.07) is 3.91. The largest absolute Gasteiger partial charge is 0.330 e. The molecule has 1 saturated carbocycles. The fraction of sp³-hybridized carbons (Fsp3) is 0.550. The van der Waals surface area contributed by atoms with Crippen molar-refractivity contribution in [3.63, 3.8) is 0 Å². The van der Waals surface area contributed by atoms with Gasteiger partial charge >= 0.3 is 12.3 Å². The normalized spacial score (nSPS) is 25.1. The molecule has 0 aromatic heterocycles. The van der Waals surface area contributed by atoms with Crippen LogP contribution in [0.5, 0.6) is 0 Å². The van der Waals surface area contributed by atoms with Gasteiger partial charge in [0.1, 0.15) is 0 Å². The minimum Gasteiger partial charge on any atom is -0.330 e. The maximum absolute atomic E-state index is 13.2. The minimum atomic E-state index is -3.32. The lowest BCUT2D eigenvalue weighted by atomic mass is 9.89. The van der Waals surface area contributed by atoms with Crippen molar-refractivity contribution in [3.8, 4) is 0 Å². The standard InChI is InChI=1S/C20H24F2N4O5S/c21-17(22)19(28)24-23-18(27)12-6-7-13-11-25(20(29)14(13)10-12)15-4-1-2-5-16(15)26-8-3-9-32(26,30)31/h6-7,10,15-17H,1-5,8-9,11H2,(H,23,27)(H,24,28)/t15-,16-/m1/s1. The number of halogens is 2. The van der Waals surface area contributed by atoms with Crippen molar-refractivity contribution in [1.82, 2.24) is 20.1 Å². The molecule has 0 bridgehead atoms. The number of hydrogen-bond donors (Lipinski definition) is 2.